The zero-order valence-electron chi connectivity index (χ0n) is 12.5. The predicted molar refractivity (Wildman–Crippen MR) is 86.5 cm³/mol. The van der Waals surface area contributed by atoms with Gasteiger partial charge in [0.25, 0.3) is 5.91 Å². The third kappa shape index (κ3) is 3.00. The molecule has 1 aliphatic rings. The Balaban J connectivity index is 1.87. The second kappa shape index (κ2) is 5.98. The maximum atomic E-state index is 12.9. The molecule has 1 heterocycles. The first-order chi connectivity index (χ1) is 10.2. The summed E-state index contributed by atoms with van der Waals surface area (Å²) in [6.07, 6.45) is 6.29. The van der Waals surface area contributed by atoms with Crippen molar-refractivity contribution in [2.75, 3.05) is 6.26 Å². The van der Waals surface area contributed by atoms with E-state index in [-0.39, 0.29) is 5.91 Å². The van der Waals surface area contributed by atoms with Crippen molar-refractivity contribution in [3.8, 4) is 0 Å². The van der Waals surface area contributed by atoms with E-state index in [9.17, 15) is 4.79 Å². The van der Waals surface area contributed by atoms with E-state index >= 15 is 0 Å². The Kier molecular flexibility index (Phi) is 4.06. The molecule has 0 N–H and O–H groups in total. The summed E-state index contributed by atoms with van der Waals surface area (Å²) in [6, 6.07) is 12.4. The van der Waals surface area contributed by atoms with Gasteiger partial charge in [0, 0.05) is 29.9 Å². The Morgan fingerprint density at radius 1 is 1.29 bits per heavy atom. The lowest BCUT2D eigenvalue weighted by molar-refractivity contribution is 0.0723. The maximum Gasteiger partial charge on any atom is 0.255 e. The van der Waals surface area contributed by atoms with Gasteiger partial charge in [-0.25, -0.2) is 0 Å². The molecule has 4 heteroatoms. The SMILES string of the molecule is CSc1ccccc1C(=O)N(Cc1cccn1C)C1CC1. The zero-order valence-corrected chi connectivity index (χ0v) is 13.3. The van der Waals surface area contributed by atoms with Crippen molar-refractivity contribution in [3.63, 3.8) is 0 Å². The molecular formula is C17H20N2OS. The monoisotopic (exact) mass is 300 g/mol. The van der Waals surface area contributed by atoms with E-state index in [1.54, 1.807) is 11.8 Å². The van der Waals surface area contributed by atoms with E-state index in [0.29, 0.717) is 12.6 Å². The van der Waals surface area contributed by atoms with Crippen LogP contribution in [0.3, 0.4) is 0 Å². The minimum absolute atomic E-state index is 0.156. The van der Waals surface area contributed by atoms with Gasteiger partial charge in [0.2, 0.25) is 0 Å². The predicted octanol–water partition coefficient (Wildman–Crippen LogP) is 3.55. The van der Waals surface area contributed by atoms with Crippen molar-refractivity contribution in [1.82, 2.24) is 9.47 Å². The van der Waals surface area contributed by atoms with Gasteiger partial charge in [-0.15, -0.1) is 11.8 Å². The van der Waals surface area contributed by atoms with E-state index < -0.39 is 0 Å². The van der Waals surface area contributed by atoms with Gasteiger partial charge in [-0.2, -0.15) is 0 Å². The number of amides is 1. The number of thioether (sulfide) groups is 1. The first-order valence-corrected chi connectivity index (χ1v) is 8.47. The van der Waals surface area contributed by atoms with Gasteiger partial charge in [-0.1, -0.05) is 12.1 Å². The molecule has 3 nitrogen and oxygen atoms in total. The average molecular weight is 300 g/mol. The molecular weight excluding hydrogens is 280 g/mol. The van der Waals surface area contributed by atoms with E-state index in [1.807, 2.05) is 54.7 Å². The first kappa shape index (κ1) is 14.3. The molecule has 1 saturated carbocycles. The lowest BCUT2D eigenvalue weighted by Gasteiger charge is -2.24. The number of aryl methyl sites for hydroxylation is 1. The summed E-state index contributed by atoms with van der Waals surface area (Å²) >= 11 is 1.63. The molecule has 0 radical (unpaired) electrons. The average Bonchev–Trinajstić information content (AvgIpc) is 3.27. The van der Waals surface area contributed by atoms with Crippen LogP contribution in [0.5, 0.6) is 0 Å². The van der Waals surface area contributed by atoms with Crippen LogP contribution in [0.2, 0.25) is 0 Å². The van der Waals surface area contributed by atoms with E-state index in [4.69, 9.17) is 0 Å². The molecule has 110 valence electrons. The number of nitrogens with zero attached hydrogens (tertiary/aromatic N) is 2. The zero-order chi connectivity index (χ0) is 14.8. The molecule has 0 unspecified atom stereocenters. The van der Waals surface area contributed by atoms with Crippen LogP contribution in [0, 0.1) is 0 Å². The molecule has 0 spiro atoms. The van der Waals surface area contributed by atoms with Crippen molar-refractivity contribution in [2.45, 2.75) is 30.3 Å². The molecule has 0 aliphatic heterocycles. The molecule has 1 amide bonds. The van der Waals surface area contributed by atoms with Crippen LogP contribution < -0.4 is 0 Å². The number of aromatic nitrogens is 1. The molecule has 1 aromatic heterocycles. The summed E-state index contributed by atoms with van der Waals surface area (Å²) in [5.74, 6) is 0.156. The van der Waals surface area contributed by atoms with Crippen LogP contribution in [-0.2, 0) is 13.6 Å². The largest absolute Gasteiger partial charge is 0.353 e. The van der Waals surface area contributed by atoms with Crippen molar-refractivity contribution in [2.24, 2.45) is 7.05 Å². The Morgan fingerprint density at radius 2 is 2.05 bits per heavy atom. The van der Waals surface area contributed by atoms with Crippen molar-refractivity contribution >= 4 is 17.7 Å². The molecule has 2 aromatic rings. The molecule has 1 fully saturated rings. The fraction of sp³-hybridized carbons (Fsp3) is 0.353. The number of carbonyl (C=O) groups is 1. The van der Waals surface area contributed by atoms with Crippen LogP contribution in [-0.4, -0.2) is 27.7 Å². The second-order valence-corrected chi connectivity index (χ2v) is 6.32. The van der Waals surface area contributed by atoms with E-state index in [1.165, 1.54) is 5.69 Å². The fourth-order valence-corrected chi connectivity index (χ4v) is 3.15. The van der Waals surface area contributed by atoms with Crippen LogP contribution in [0.1, 0.15) is 28.9 Å². The fourth-order valence-electron chi connectivity index (χ4n) is 2.56. The highest BCUT2D eigenvalue weighted by Crippen LogP contribution is 2.31. The van der Waals surface area contributed by atoms with E-state index in [0.717, 1.165) is 23.3 Å². The van der Waals surface area contributed by atoms with Gasteiger partial charge in [-0.3, -0.25) is 4.79 Å². The van der Waals surface area contributed by atoms with Gasteiger partial charge in [-0.05, 0) is 43.4 Å². The molecule has 1 aromatic carbocycles. The Morgan fingerprint density at radius 3 is 2.67 bits per heavy atom. The highest BCUT2D eigenvalue weighted by Gasteiger charge is 2.34. The highest BCUT2D eigenvalue weighted by atomic mass is 32.2. The van der Waals surface area contributed by atoms with Gasteiger partial charge in [0.1, 0.15) is 0 Å². The third-order valence-electron chi connectivity index (χ3n) is 3.97. The molecule has 3 rings (SSSR count). The molecule has 21 heavy (non-hydrogen) atoms. The van der Waals surface area contributed by atoms with Gasteiger partial charge in [0.05, 0.1) is 12.1 Å². The first-order valence-electron chi connectivity index (χ1n) is 7.25. The van der Waals surface area contributed by atoms with Gasteiger partial charge >= 0.3 is 0 Å². The molecule has 0 atom stereocenters. The lowest BCUT2D eigenvalue weighted by Crippen LogP contribution is -2.33. The molecule has 0 bridgehead atoms. The quantitative estimate of drug-likeness (QED) is 0.789. The summed E-state index contributed by atoms with van der Waals surface area (Å²) in [4.78, 5) is 16.0. The normalized spacial score (nSPS) is 14.2. The number of carbonyl (C=O) groups excluding carboxylic acids is 1. The maximum absolute atomic E-state index is 12.9. The van der Waals surface area contributed by atoms with Crippen LogP contribution in [0.4, 0.5) is 0 Å². The van der Waals surface area contributed by atoms with Crippen molar-refractivity contribution in [3.05, 3.63) is 53.9 Å². The van der Waals surface area contributed by atoms with E-state index in [2.05, 4.69) is 10.6 Å². The summed E-state index contributed by atoms with van der Waals surface area (Å²) in [5.41, 5.74) is 2.00. The Hall–Kier alpha value is -1.68. The van der Waals surface area contributed by atoms with Crippen molar-refractivity contribution in [1.29, 1.82) is 0 Å². The lowest BCUT2D eigenvalue weighted by atomic mass is 10.2. The minimum atomic E-state index is 0.156. The smallest absolute Gasteiger partial charge is 0.255 e. The Labute approximate surface area is 130 Å². The number of hydrogen-bond donors (Lipinski definition) is 0. The topological polar surface area (TPSA) is 25.2 Å². The van der Waals surface area contributed by atoms with Crippen LogP contribution in [0.25, 0.3) is 0 Å². The van der Waals surface area contributed by atoms with Crippen molar-refractivity contribution < 1.29 is 4.79 Å². The Bertz CT molecular complexity index is 646. The van der Waals surface area contributed by atoms with Crippen LogP contribution >= 0.6 is 11.8 Å². The number of rotatable bonds is 5. The number of benzene rings is 1. The standard InChI is InChI=1S/C17H20N2OS/c1-18-11-5-6-14(18)12-19(13-9-10-13)17(20)15-7-3-4-8-16(15)21-2/h3-8,11,13H,9-10,12H2,1-2H3. The molecule has 0 saturated heterocycles. The number of hydrogen-bond acceptors (Lipinski definition) is 2. The third-order valence-corrected chi connectivity index (χ3v) is 4.77. The summed E-state index contributed by atoms with van der Waals surface area (Å²) in [7, 11) is 2.03. The summed E-state index contributed by atoms with van der Waals surface area (Å²) in [5, 5.41) is 0. The summed E-state index contributed by atoms with van der Waals surface area (Å²) < 4.78 is 2.09. The van der Waals surface area contributed by atoms with Gasteiger partial charge in [0.15, 0.2) is 0 Å². The molecule has 1 aliphatic carbocycles. The summed E-state index contributed by atoms with van der Waals surface area (Å²) in [6.45, 7) is 0.690. The minimum Gasteiger partial charge on any atom is -0.353 e. The second-order valence-electron chi connectivity index (χ2n) is 5.47. The van der Waals surface area contributed by atoms with Gasteiger partial charge < -0.3 is 9.47 Å². The highest BCUT2D eigenvalue weighted by molar-refractivity contribution is 7.98. The van der Waals surface area contributed by atoms with Crippen LogP contribution in [0.15, 0.2) is 47.5 Å².